The number of carbonyl (C=O) groups excluding carboxylic acids is 1. The molecular weight excluding hydrogens is 438 g/mol. The number of nitrogens with one attached hydrogen (secondary N) is 3. The highest BCUT2D eigenvalue weighted by molar-refractivity contribution is 9.10. The normalized spacial score (nSPS) is 12.3. The van der Waals surface area contributed by atoms with Gasteiger partial charge in [0.1, 0.15) is 29.5 Å². The van der Waals surface area contributed by atoms with Crippen molar-refractivity contribution in [3.05, 3.63) is 53.2 Å². The summed E-state index contributed by atoms with van der Waals surface area (Å²) in [7, 11) is 0. The van der Waals surface area contributed by atoms with Gasteiger partial charge in [-0.25, -0.2) is 19.7 Å². The Morgan fingerprint density at radius 3 is 2.66 bits per heavy atom. The van der Waals surface area contributed by atoms with Crippen molar-refractivity contribution in [1.29, 1.82) is 0 Å². The number of halogens is 1. The van der Waals surface area contributed by atoms with Gasteiger partial charge in [0.25, 0.3) is 0 Å². The highest BCUT2D eigenvalue weighted by Gasteiger charge is 2.21. The van der Waals surface area contributed by atoms with Crippen LogP contribution in [0.4, 0.5) is 10.5 Å². The second-order valence-corrected chi connectivity index (χ2v) is 8.14. The summed E-state index contributed by atoms with van der Waals surface area (Å²) in [6, 6.07) is 9.05. The van der Waals surface area contributed by atoms with Crippen molar-refractivity contribution >= 4 is 27.7 Å². The minimum absolute atomic E-state index is 0.239. The van der Waals surface area contributed by atoms with E-state index < -0.39 is 11.7 Å². The number of anilines is 1. The monoisotopic (exact) mass is 459 g/mol. The molecule has 29 heavy (non-hydrogen) atoms. The third kappa shape index (κ3) is 6.24. The van der Waals surface area contributed by atoms with Crippen LogP contribution in [0.3, 0.4) is 0 Å². The van der Waals surface area contributed by atoms with Crippen molar-refractivity contribution in [2.24, 2.45) is 0 Å². The van der Waals surface area contributed by atoms with Gasteiger partial charge in [-0.15, -0.1) is 0 Å². The van der Waals surface area contributed by atoms with E-state index in [2.05, 4.69) is 51.7 Å². The number of nitrogens with zero attached hydrogens (tertiary/aromatic N) is 4. The number of rotatable bonds is 6. The molecule has 2 aromatic heterocycles. The molecule has 0 saturated heterocycles. The summed E-state index contributed by atoms with van der Waals surface area (Å²) in [6.07, 6.45) is 2.56. The number of alkyl carbamates (subject to hydrolysis) is 1. The minimum atomic E-state index is -0.578. The van der Waals surface area contributed by atoms with E-state index in [4.69, 9.17) is 4.74 Å². The summed E-state index contributed by atoms with van der Waals surface area (Å²) in [5.74, 6) is 1.000. The standard InChI is InChI=1S/C19H22BrN7O2/c1-19(2,3)29-18(28)22-10-15(24-13-6-4-12(20)5-7-13)17-25-16(26-27-17)14-8-9-21-11-23-14/h4-9,11,15,24H,10H2,1-3H3,(H,22,28)(H,25,26,27). The van der Waals surface area contributed by atoms with E-state index in [9.17, 15) is 4.79 Å². The lowest BCUT2D eigenvalue weighted by Crippen LogP contribution is -2.36. The van der Waals surface area contributed by atoms with Gasteiger partial charge in [0, 0.05) is 22.9 Å². The number of hydrogen-bond donors (Lipinski definition) is 3. The first-order valence-electron chi connectivity index (χ1n) is 8.98. The molecule has 1 aromatic carbocycles. The van der Waals surface area contributed by atoms with Gasteiger partial charge in [0.05, 0.1) is 0 Å². The fraction of sp³-hybridized carbons (Fsp3) is 0.316. The first kappa shape index (κ1) is 20.7. The van der Waals surface area contributed by atoms with Gasteiger partial charge in [-0.05, 0) is 51.1 Å². The van der Waals surface area contributed by atoms with Crippen LogP contribution in [0.2, 0.25) is 0 Å². The zero-order valence-electron chi connectivity index (χ0n) is 16.3. The van der Waals surface area contributed by atoms with Gasteiger partial charge in [-0.3, -0.25) is 5.10 Å². The second-order valence-electron chi connectivity index (χ2n) is 7.23. The second kappa shape index (κ2) is 8.99. The molecule has 9 nitrogen and oxygen atoms in total. The van der Waals surface area contributed by atoms with Crippen LogP contribution >= 0.6 is 15.9 Å². The topological polar surface area (TPSA) is 118 Å². The molecule has 0 saturated carbocycles. The fourth-order valence-corrected chi connectivity index (χ4v) is 2.69. The molecule has 10 heteroatoms. The number of H-pyrrole nitrogens is 1. The molecule has 1 amide bonds. The van der Waals surface area contributed by atoms with Crippen LogP contribution < -0.4 is 10.6 Å². The van der Waals surface area contributed by atoms with Crippen LogP contribution in [-0.2, 0) is 4.74 Å². The van der Waals surface area contributed by atoms with E-state index in [0.29, 0.717) is 17.3 Å². The molecule has 0 spiro atoms. The van der Waals surface area contributed by atoms with Crippen molar-refractivity contribution in [2.75, 3.05) is 11.9 Å². The van der Waals surface area contributed by atoms with E-state index in [1.807, 2.05) is 45.0 Å². The number of amides is 1. The Morgan fingerprint density at radius 1 is 1.24 bits per heavy atom. The lowest BCUT2D eigenvalue weighted by molar-refractivity contribution is 0.0525. The SMILES string of the molecule is CC(C)(C)OC(=O)NCC(Nc1ccc(Br)cc1)c1nc(-c2ccncn2)n[nH]1. The Kier molecular flexibility index (Phi) is 6.42. The molecule has 0 radical (unpaired) electrons. The third-order valence-electron chi connectivity index (χ3n) is 3.68. The predicted octanol–water partition coefficient (Wildman–Crippen LogP) is 3.70. The molecule has 0 aliphatic heterocycles. The minimum Gasteiger partial charge on any atom is -0.444 e. The van der Waals surface area contributed by atoms with Crippen molar-refractivity contribution in [3.63, 3.8) is 0 Å². The largest absolute Gasteiger partial charge is 0.444 e. The lowest BCUT2D eigenvalue weighted by Gasteiger charge is -2.22. The summed E-state index contributed by atoms with van der Waals surface area (Å²) in [5, 5.41) is 13.3. The van der Waals surface area contributed by atoms with E-state index in [1.54, 1.807) is 12.3 Å². The molecular formula is C19H22BrN7O2. The first-order valence-corrected chi connectivity index (χ1v) is 9.77. The number of benzene rings is 1. The molecule has 0 aliphatic rings. The average Bonchev–Trinajstić information content (AvgIpc) is 3.16. The van der Waals surface area contributed by atoms with Gasteiger partial charge in [-0.1, -0.05) is 15.9 Å². The molecule has 152 valence electrons. The highest BCUT2D eigenvalue weighted by Crippen LogP contribution is 2.21. The summed E-state index contributed by atoms with van der Waals surface area (Å²) in [5.41, 5.74) is 0.889. The van der Waals surface area contributed by atoms with Crippen LogP contribution in [0.15, 0.2) is 47.3 Å². The van der Waals surface area contributed by atoms with Crippen molar-refractivity contribution in [1.82, 2.24) is 30.5 Å². The van der Waals surface area contributed by atoms with Gasteiger partial charge in [0.15, 0.2) is 5.82 Å². The van der Waals surface area contributed by atoms with Gasteiger partial charge >= 0.3 is 6.09 Å². The van der Waals surface area contributed by atoms with Crippen LogP contribution in [0.25, 0.3) is 11.5 Å². The Morgan fingerprint density at radius 2 is 2.00 bits per heavy atom. The molecule has 0 fully saturated rings. The summed E-state index contributed by atoms with van der Waals surface area (Å²) < 4.78 is 6.29. The van der Waals surface area contributed by atoms with Crippen molar-refractivity contribution in [3.8, 4) is 11.5 Å². The zero-order valence-corrected chi connectivity index (χ0v) is 17.9. The molecule has 0 aliphatic carbocycles. The third-order valence-corrected chi connectivity index (χ3v) is 4.21. The Labute approximate surface area is 176 Å². The summed E-state index contributed by atoms with van der Waals surface area (Å²) in [4.78, 5) is 24.7. The van der Waals surface area contributed by atoms with Crippen LogP contribution in [0.1, 0.15) is 32.6 Å². The predicted molar refractivity (Wildman–Crippen MR) is 112 cm³/mol. The smallest absolute Gasteiger partial charge is 0.407 e. The molecule has 3 aromatic rings. The van der Waals surface area contributed by atoms with Crippen molar-refractivity contribution in [2.45, 2.75) is 32.4 Å². The van der Waals surface area contributed by atoms with E-state index >= 15 is 0 Å². The number of carbonyl (C=O) groups is 1. The molecule has 1 unspecified atom stereocenters. The first-order chi connectivity index (χ1) is 13.8. The molecule has 3 rings (SSSR count). The van der Waals surface area contributed by atoms with Crippen LogP contribution in [-0.4, -0.2) is 43.4 Å². The summed E-state index contributed by atoms with van der Waals surface area (Å²) >= 11 is 3.42. The summed E-state index contributed by atoms with van der Waals surface area (Å²) in [6.45, 7) is 5.68. The molecule has 2 heterocycles. The van der Waals surface area contributed by atoms with E-state index in [0.717, 1.165) is 10.2 Å². The van der Waals surface area contributed by atoms with E-state index in [1.165, 1.54) is 6.33 Å². The average molecular weight is 460 g/mol. The maximum absolute atomic E-state index is 12.1. The molecule has 1 atom stereocenters. The Balaban J connectivity index is 1.77. The van der Waals surface area contributed by atoms with Gasteiger partial charge in [0.2, 0.25) is 0 Å². The van der Waals surface area contributed by atoms with Crippen LogP contribution in [0, 0.1) is 0 Å². The maximum Gasteiger partial charge on any atom is 0.407 e. The highest BCUT2D eigenvalue weighted by atomic mass is 79.9. The fourth-order valence-electron chi connectivity index (χ4n) is 2.43. The van der Waals surface area contributed by atoms with Crippen LogP contribution in [0.5, 0.6) is 0 Å². The zero-order chi connectivity index (χ0) is 20.9. The lowest BCUT2D eigenvalue weighted by atomic mass is 10.2. The van der Waals surface area contributed by atoms with Gasteiger partial charge in [-0.2, -0.15) is 5.10 Å². The molecule has 0 bridgehead atoms. The van der Waals surface area contributed by atoms with E-state index in [-0.39, 0.29) is 12.6 Å². The molecule has 3 N–H and O–H groups in total. The van der Waals surface area contributed by atoms with Gasteiger partial charge < -0.3 is 15.4 Å². The van der Waals surface area contributed by atoms with Crippen molar-refractivity contribution < 1.29 is 9.53 Å². The maximum atomic E-state index is 12.1. The number of aromatic nitrogens is 5. The quantitative estimate of drug-likeness (QED) is 0.513. The number of hydrogen-bond acceptors (Lipinski definition) is 7. The Hall–Kier alpha value is -3.01. The number of ether oxygens (including phenoxy) is 1. The Bertz CT molecular complexity index is 939. The number of aromatic amines is 1.